The number of nitrogens with zero attached hydrogens (tertiary/aromatic N) is 3. The minimum Gasteiger partial charge on any atom is -0.492 e. The molecule has 0 aliphatic rings. The third kappa shape index (κ3) is 5.22. The number of hydrogen-bond acceptors (Lipinski definition) is 3. The summed E-state index contributed by atoms with van der Waals surface area (Å²) in [5, 5.41) is 10.3. The maximum atomic E-state index is 13.1. The molecule has 2 aromatic rings. The van der Waals surface area contributed by atoms with E-state index in [0.717, 1.165) is 24.4 Å². The average molecular weight is 337 g/mol. The fraction of sp³-hybridized carbons (Fsp3) is 0.375. The van der Waals surface area contributed by atoms with Gasteiger partial charge in [0.25, 0.3) is 0 Å². The van der Waals surface area contributed by atoms with E-state index < -0.39 is 11.6 Å². The Hall–Kier alpha value is -2.64. The molecule has 130 valence electrons. The lowest BCUT2D eigenvalue weighted by Crippen LogP contribution is -2.39. The van der Waals surface area contributed by atoms with E-state index in [-0.39, 0.29) is 5.75 Å². The highest BCUT2D eigenvalue weighted by atomic mass is 19.2. The molecular formula is C16H21F2N5O. The van der Waals surface area contributed by atoms with Crippen molar-refractivity contribution in [2.45, 2.75) is 13.5 Å². The standard InChI is InChI=1S/C16H21F2N5O/c1-3-19-16(21-11-12-6-7-22-23(12)2)20-8-9-24-13-4-5-14(17)15(18)10-13/h4-7,10H,3,8-9,11H2,1-2H3,(H2,19,20,21). The number of benzene rings is 1. The number of aliphatic imine (C=N–C) groups is 1. The molecule has 0 bridgehead atoms. The molecule has 0 unspecified atom stereocenters. The fourth-order valence-electron chi connectivity index (χ4n) is 1.96. The molecule has 2 rings (SSSR count). The van der Waals surface area contributed by atoms with E-state index in [1.807, 2.05) is 20.0 Å². The maximum absolute atomic E-state index is 13.1. The van der Waals surface area contributed by atoms with Gasteiger partial charge in [-0.25, -0.2) is 13.8 Å². The molecule has 0 spiro atoms. The van der Waals surface area contributed by atoms with Gasteiger partial charge in [-0.1, -0.05) is 0 Å². The number of rotatable bonds is 7. The Labute approximate surface area is 139 Å². The molecule has 0 saturated carbocycles. The Kier molecular flexibility index (Phi) is 6.53. The van der Waals surface area contributed by atoms with Crippen LogP contribution in [0.5, 0.6) is 5.75 Å². The molecule has 0 saturated heterocycles. The molecule has 1 heterocycles. The van der Waals surface area contributed by atoms with Crippen LogP contribution in [0.25, 0.3) is 0 Å². The second-order valence-corrected chi connectivity index (χ2v) is 4.99. The highest BCUT2D eigenvalue weighted by Gasteiger charge is 2.04. The molecule has 6 nitrogen and oxygen atoms in total. The van der Waals surface area contributed by atoms with Crippen LogP contribution in [-0.4, -0.2) is 35.4 Å². The van der Waals surface area contributed by atoms with Crippen molar-refractivity contribution in [3.05, 3.63) is 47.8 Å². The lowest BCUT2D eigenvalue weighted by molar-refractivity contribution is 0.318. The van der Waals surface area contributed by atoms with Gasteiger partial charge in [0.15, 0.2) is 17.6 Å². The summed E-state index contributed by atoms with van der Waals surface area (Å²) in [4.78, 5) is 4.46. The van der Waals surface area contributed by atoms with Crippen LogP contribution in [0, 0.1) is 11.6 Å². The van der Waals surface area contributed by atoms with E-state index in [2.05, 4.69) is 20.7 Å². The van der Waals surface area contributed by atoms with Crippen molar-refractivity contribution in [1.29, 1.82) is 0 Å². The number of aryl methyl sites for hydroxylation is 1. The molecule has 24 heavy (non-hydrogen) atoms. The van der Waals surface area contributed by atoms with Gasteiger partial charge in [0.05, 0.1) is 18.8 Å². The van der Waals surface area contributed by atoms with Gasteiger partial charge in [0, 0.05) is 25.9 Å². The Balaban J connectivity index is 1.80. The van der Waals surface area contributed by atoms with Gasteiger partial charge >= 0.3 is 0 Å². The monoisotopic (exact) mass is 337 g/mol. The fourth-order valence-corrected chi connectivity index (χ4v) is 1.96. The number of hydrogen-bond donors (Lipinski definition) is 2. The number of ether oxygens (including phenoxy) is 1. The van der Waals surface area contributed by atoms with E-state index in [4.69, 9.17) is 4.74 Å². The number of aromatic nitrogens is 2. The molecule has 0 amide bonds. The zero-order chi connectivity index (χ0) is 17.4. The van der Waals surface area contributed by atoms with Gasteiger partial charge in [-0.15, -0.1) is 0 Å². The van der Waals surface area contributed by atoms with Crippen molar-refractivity contribution in [3.63, 3.8) is 0 Å². The lowest BCUT2D eigenvalue weighted by Gasteiger charge is -2.12. The van der Waals surface area contributed by atoms with Crippen molar-refractivity contribution in [1.82, 2.24) is 20.4 Å². The van der Waals surface area contributed by atoms with Crippen LogP contribution in [0.4, 0.5) is 8.78 Å². The van der Waals surface area contributed by atoms with Gasteiger partial charge in [-0.3, -0.25) is 4.68 Å². The summed E-state index contributed by atoms with van der Waals surface area (Å²) in [6.07, 6.45) is 1.72. The molecule has 2 N–H and O–H groups in total. The molecule has 0 fully saturated rings. The van der Waals surface area contributed by atoms with E-state index in [1.165, 1.54) is 6.07 Å². The van der Waals surface area contributed by atoms with Crippen molar-refractivity contribution in [3.8, 4) is 5.75 Å². The Morgan fingerprint density at radius 1 is 1.25 bits per heavy atom. The molecular weight excluding hydrogens is 316 g/mol. The normalized spacial score (nSPS) is 11.4. The maximum Gasteiger partial charge on any atom is 0.191 e. The Morgan fingerprint density at radius 2 is 2.08 bits per heavy atom. The van der Waals surface area contributed by atoms with E-state index in [1.54, 1.807) is 10.9 Å². The molecule has 0 aliphatic heterocycles. The van der Waals surface area contributed by atoms with Gasteiger partial charge < -0.3 is 15.4 Å². The summed E-state index contributed by atoms with van der Waals surface area (Å²) in [7, 11) is 1.86. The smallest absolute Gasteiger partial charge is 0.191 e. The summed E-state index contributed by atoms with van der Waals surface area (Å²) < 4.78 is 33.0. The number of guanidine groups is 1. The predicted octanol–water partition coefficient (Wildman–Crippen LogP) is 1.83. The number of halogens is 2. The van der Waals surface area contributed by atoms with Gasteiger partial charge in [-0.05, 0) is 25.1 Å². The highest BCUT2D eigenvalue weighted by Crippen LogP contribution is 2.14. The van der Waals surface area contributed by atoms with Gasteiger partial charge in [0.2, 0.25) is 0 Å². The summed E-state index contributed by atoms with van der Waals surface area (Å²) in [6.45, 7) is 3.95. The van der Waals surface area contributed by atoms with Crippen LogP contribution in [0.15, 0.2) is 35.5 Å². The molecule has 1 aromatic heterocycles. The number of nitrogens with one attached hydrogen (secondary N) is 2. The quantitative estimate of drug-likeness (QED) is 0.460. The molecule has 1 aromatic carbocycles. The zero-order valence-electron chi connectivity index (χ0n) is 13.7. The van der Waals surface area contributed by atoms with Crippen molar-refractivity contribution >= 4 is 5.96 Å². The molecule has 0 atom stereocenters. The molecule has 8 heteroatoms. The second-order valence-electron chi connectivity index (χ2n) is 4.99. The van der Waals surface area contributed by atoms with Gasteiger partial charge in [-0.2, -0.15) is 5.10 Å². The first-order chi connectivity index (χ1) is 11.6. The summed E-state index contributed by atoms with van der Waals surface area (Å²) in [5.74, 6) is -0.885. The first-order valence-corrected chi connectivity index (χ1v) is 7.67. The topological polar surface area (TPSA) is 63.5 Å². The SMILES string of the molecule is CCNC(=NCc1ccnn1C)NCCOc1ccc(F)c(F)c1. The summed E-state index contributed by atoms with van der Waals surface area (Å²) in [6, 6.07) is 5.36. The van der Waals surface area contributed by atoms with Crippen LogP contribution < -0.4 is 15.4 Å². The van der Waals surface area contributed by atoms with E-state index in [0.29, 0.717) is 25.7 Å². The molecule has 0 radical (unpaired) electrons. The van der Waals surface area contributed by atoms with E-state index >= 15 is 0 Å². The van der Waals surface area contributed by atoms with Crippen LogP contribution >= 0.6 is 0 Å². The van der Waals surface area contributed by atoms with E-state index in [9.17, 15) is 8.78 Å². The first-order valence-electron chi connectivity index (χ1n) is 7.67. The van der Waals surface area contributed by atoms with Crippen molar-refractivity contribution in [2.24, 2.45) is 12.0 Å². The average Bonchev–Trinajstić information content (AvgIpc) is 2.97. The summed E-state index contributed by atoms with van der Waals surface area (Å²) in [5.41, 5.74) is 0.991. The minimum absolute atomic E-state index is 0.285. The Morgan fingerprint density at radius 3 is 2.75 bits per heavy atom. The molecule has 0 aliphatic carbocycles. The van der Waals surface area contributed by atoms with Crippen LogP contribution in [0.1, 0.15) is 12.6 Å². The lowest BCUT2D eigenvalue weighted by atomic mass is 10.3. The summed E-state index contributed by atoms with van der Waals surface area (Å²) >= 11 is 0. The largest absolute Gasteiger partial charge is 0.492 e. The van der Waals surface area contributed by atoms with Crippen molar-refractivity contribution in [2.75, 3.05) is 19.7 Å². The third-order valence-corrected chi connectivity index (χ3v) is 3.22. The first kappa shape index (κ1) is 17.7. The second kappa shape index (κ2) is 8.85. The van der Waals surface area contributed by atoms with Gasteiger partial charge in [0.1, 0.15) is 12.4 Å². The Bertz CT molecular complexity index is 687. The third-order valence-electron chi connectivity index (χ3n) is 3.22. The highest BCUT2D eigenvalue weighted by molar-refractivity contribution is 5.79. The minimum atomic E-state index is -0.925. The van der Waals surface area contributed by atoms with Crippen LogP contribution in [0.3, 0.4) is 0 Å². The van der Waals surface area contributed by atoms with Crippen molar-refractivity contribution < 1.29 is 13.5 Å². The zero-order valence-corrected chi connectivity index (χ0v) is 13.7. The van der Waals surface area contributed by atoms with Crippen LogP contribution in [0.2, 0.25) is 0 Å². The predicted molar refractivity (Wildman–Crippen MR) is 87.9 cm³/mol. The van der Waals surface area contributed by atoms with Crippen LogP contribution in [-0.2, 0) is 13.6 Å².